The number of amides is 1. The molecule has 4 unspecified atom stereocenters. The lowest BCUT2D eigenvalue weighted by molar-refractivity contribution is -0.151. The Morgan fingerprint density at radius 1 is 1.03 bits per heavy atom. The molecule has 8 heteroatoms. The number of ether oxygens (including phenoxy) is 1. The van der Waals surface area contributed by atoms with Crippen molar-refractivity contribution in [3.05, 3.63) is 92.1 Å². The smallest absolute Gasteiger partial charge is 0.327 e. The average Bonchev–Trinajstić information content (AvgIpc) is 3.40. The number of aliphatic carboxylic acids is 1. The standard InChI is InChI=1S/C27H26ClNO5S/c1-15-6-4-5-7-19(15)25(31)21-22(26-16(2)12-13-35-26)24(27(32)33)29(20(30)14-34-3)23(21)17-8-10-18(28)11-9-17/h4-13,21-24H,14H2,1-3H3,(H,32,33). The second-order valence-electron chi connectivity index (χ2n) is 8.71. The van der Waals surface area contributed by atoms with E-state index in [1.54, 1.807) is 36.4 Å². The number of carboxylic acids is 1. The molecule has 1 aromatic heterocycles. The van der Waals surface area contributed by atoms with E-state index in [1.165, 1.54) is 23.3 Å². The van der Waals surface area contributed by atoms with Gasteiger partial charge in [0.15, 0.2) is 5.78 Å². The van der Waals surface area contributed by atoms with E-state index in [0.29, 0.717) is 16.1 Å². The molecule has 1 N–H and O–H groups in total. The molecule has 0 aliphatic carbocycles. The number of carboxylic acid groups (broad SMARTS) is 1. The van der Waals surface area contributed by atoms with Gasteiger partial charge in [-0.3, -0.25) is 9.59 Å². The molecule has 6 nitrogen and oxygen atoms in total. The quantitative estimate of drug-likeness (QED) is 0.436. The van der Waals surface area contributed by atoms with Gasteiger partial charge in [0.2, 0.25) is 5.91 Å². The lowest BCUT2D eigenvalue weighted by Gasteiger charge is -2.30. The van der Waals surface area contributed by atoms with Gasteiger partial charge in [-0.1, -0.05) is 48.0 Å². The van der Waals surface area contributed by atoms with Gasteiger partial charge in [-0.2, -0.15) is 0 Å². The zero-order valence-electron chi connectivity index (χ0n) is 19.6. The van der Waals surface area contributed by atoms with Crippen LogP contribution in [0.1, 0.15) is 43.9 Å². The minimum absolute atomic E-state index is 0.195. The molecule has 2 aromatic carbocycles. The van der Waals surface area contributed by atoms with E-state index in [9.17, 15) is 19.5 Å². The fraction of sp³-hybridized carbons (Fsp3) is 0.296. The summed E-state index contributed by atoms with van der Waals surface area (Å²) in [5, 5.41) is 12.8. The van der Waals surface area contributed by atoms with Crippen molar-refractivity contribution < 1.29 is 24.2 Å². The van der Waals surface area contributed by atoms with Crippen LogP contribution < -0.4 is 0 Å². The van der Waals surface area contributed by atoms with E-state index < -0.39 is 35.8 Å². The number of rotatable bonds is 7. The van der Waals surface area contributed by atoms with Crippen LogP contribution in [0.3, 0.4) is 0 Å². The number of carbonyl (C=O) groups excluding carboxylic acids is 2. The molecular formula is C27H26ClNO5S. The molecule has 0 saturated carbocycles. The summed E-state index contributed by atoms with van der Waals surface area (Å²) in [6.07, 6.45) is 0. The van der Waals surface area contributed by atoms with Crippen LogP contribution in [-0.4, -0.2) is 47.4 Å². The Morgan fingerprint density at radius 3 is 2.29 bits per heavy atom. The van der Waals surface area contributed by atoms with Crippen molar-refractivity contribution >= 4 is 40.6 Å². The lowest BCUT2D eigenvalue weighted by atomic mass is 9.77. The van der Waals surface area contributed by atoms with Gasteiger partial charge in [0, 0.05) is 28.5 Å². The van der Waals surface area contributed by atoms with Gasteiger partial charge in [0.25, 0.3) is 0 Å². The number of Topliss-reactive ketones (excluding diaryl/α,β-unsaturated/α-hetero) is 1. The highest BCUT2D eigenvalue weighted by molar-refractivity contribution is 7.10. The molecule has 2 heterocycles. The van der Waals surface area contributed by atoms with E-state index in [0.717, 1.165) is 16.0 Å². The number of thiophene rings is 1. The van der Waals surface area contributed by atoms with Crippen LogP contribution in [0, 0.1) is 19.8 Å². The number of carbonyl (C=O) groups is 3. The number of methoxy groups -OCH3 is 1. The molecule has 1 aliphatic heterocycles. The second-order valence-corrected chi connectivity index (χ2v) is 10.1. The highest BCUT2D eigenvalue weighted by Crippen LogP contribution is 2.53. The number of hydrogen-bond acceptors (Lipinski definition) is 5. The maximum atomic E-state index is 14.2. The van der Waals surface area contributed by atoms with Crippen LogP contribution in [0.25, 0.3) is 0 Å². The highest BCUT2D eigenvalue weighted by Gasteiger charge is 2.58. The predicted octanol–water partition coefficient (Wildman–Crippen LogP) is 5.28. The number of halogens is 1. The van der Waals surface area contributed by atoms with E-state index in [-0.39, 0.29) is 12.4 Å². The summed E-state index contributed by atoms with van der Waals surface area (Å²) in [5.74, 6) is -3.40. The summed E-state index contributed by atoms with van der Waals surface area (Å²) in [6.45, 7) is 3.46. The number of hydrogen-bond donors (Lipinski definition) is 1. The third-order valence-electron chi connectivity index (χ3n) is 6.60. The molecule has 0 spiro atoms. The van der Waals surface area contributed by atoms with Gasteiger partial charge in [0.05, 0.1) is 12.0 Å². The van der Waals surface area contributed by atoms with Crippen LogP contribution in [0.2, 0.25) is 5.02 Å². The van der Waals surface area contributed by atoms with Gasteiger partial charge in [-0.25, -0.2) is 4.79 Å². The lowest BCUT2D eigenvalue weighted by Crippen LogP contribution is -2.45. The molecule has 35 heavy (non-hydrogen) atoms. The minimum atomic E-state index is -1.24. The summed E-state index contributed by atoms with van der Waals surface area (Å²) >= 11 is 7.54. The minimum Gasteiger partial charge on any atom is -0.480 e. The Hall–Kier alpha value is -3.00. The Kier molecular flexibility index (Phi) is 7.40. The van der Waals surface area contributed by atoms with E-state index >= 15 is 0 Å². The third-order valence-corrected chi connectivity index (χ3v) is 7.98. The van der Waals surface area contributed by atoms with Crippen LogP contribution in [-0.2, 0) is 14.3 Å². The largest absolute Gasteiger partial charge is 0.480 e. The van der Waals surface area contributed by atoms with Gasteiger partial charge in [0.1, 0.15) is 12.6 Å². The first-order valence-electron chi connectivity index (χ1n) is 11.2. The molecule has 0 bridgehead atoms. The highest BCUT2D eigenvalue weighted by atomic mass is 35.5. The summed E-state index contributed by atoms with van der Waals surface area (Å²) in [7, 11) is 1.39. The fourth-order valence-electron chi connectivity index (χ4n) is 5.09. The molecule has 4 rings (SSSR count). The molecule has 4 atom stereocenters. The summed E-state index contributed by atoms with van der Waals surface area (Å²) in [5.41, 5.74) is 2.85. The third kappa shape index (κ3) is 4.63. The van der Waals surface area contributed by atoms with Crippen molar-refractivity contribution in [1.29, 1.82) is 0 Å². The Bertz CT molecular complexity index is 1250. The first-order chi connectivity index (χ1) is 16.8. The van der Waals surface area contributed by atoms with Crippen LogP contribution >= 0.6 is 22.9 Å². The molecule has 182 valence electrons. The van der Waals surface area contributed by atoms with Crippen LogP contribution in [0.5, 0.6) is 0 Å². The number of likely N-dealkylation sites (tertiary alicyclic amines) is 1. The van der Waals surface area contributed by atoms with Gasteiger partial charge < -0.3 is 14.7 Å². The SMILES string of the molecule is COCC(=O)N1C(C(=O)O)C(c2sccc2C)C(C(=O)c2ccccc2C)C1c1ccc(Cl)cc1. The molecular weight excluding hydrogens is 486 g/mol. The summed E-state index contributed by atoms with van der Waals surface area (Å²) in [4.78, 5) is 42.5. The molecule has 1 amide bonds. The average molecular weight is 512 g/mol. The molecule has 1 saturated heterocycles. The molecule has 0 radical (unpaired) electrons. The van der Waals surface area contributed by atoms with Gasteiger partial charge in [-0.15, -0.1) is 11.3 Å². The summed E-state index contributed by atoms with van der Waals surface area (Å²) in [6, 6.07) is 14.0. The van der Waals surface area contributed by atoms with Crippen LogP contribution in [0.4, 0.5) is 0 Å². The molecule has 1 aliphatic rings. The van der Waals surface area contributed by atoms with Crippen molar-refractivity contribution in [2.45, 2.75) is 31.8 Å². The summed E-state index contributed by atoms with van der Waals surface area (Å²) < 4.78 is 5.11. The maximum absolute atomic E-state index is 14.2. The number of ketones is 1. The Morgan fingerprint density at radius 2 is 1.71 bits per heavy atom. The van der Waals surface area contributed by atoms with Crippen molar-refractivity contribution in [3.8, 4) is 0 Å². The predicted molar refractivity (Wildman–Crippen MR) is 135 cm³/mol. The topological polar surface area (TPSA) is 83.9 Å². The normalized spacial score (nSPS) is 21.8. The molecule has 1 fully saturated rings. The Labute approximate surface area is 213 Å². The second kappa shape index (κ2) is 10.3. The number of nitrogens with zero attached hydrogens (tertiary/aromatic N) is 1. The van der Waals surface area contributed by atoms with Crippen molar-refractivity contribution in [2.75, 3.05) is 13.7 Å². The van der Waals surface area contributed by atoms with Crippen molar-refractivity contribution in [1.82, 2.24) is 4.90 Å². The fourth-order valence-corrected chi connectivity index (χ4v) is 6.32. The van der Waals surface area contributed by atoms with Crippen molar-refractivity contribution in [3.63, 3.8) is 0 Å². The zero-order valence-corrected chi connectivity index (χ0v) is 21.2. The monoisotopic (exact) mass is 511 g/mol. The van der Waals surface area contributed by atoms with E-state index in [2.05, 4.69) is 0 Å². The first-order valence-corrected chi connectivity index (χ1v) is 12.4. The molecule has 3 aromatic rings. The van der Waals surface area contributed by atoms with Gasteiger partial charge in [-0.05, 0) is 54.1 Å². The van der Waals surface area contributed by atoms with Crippen molar-refractivity contribution in [2.24, 2.45) is 5.92 Å². The van der Waals surface area contributed by atoms with E-state index in [1.807, 2.05) is 37.4 Å². The first kappa shape index (κ1) is 25.1. The van der Waals surface area contributed by atoms with E-state index in [4.69, 9.17) is 16.3 Å². The zero-order chi connectivity index (χ0) is 25.3. The van der Waals surface area contributed by atoms with Crippen LogP contribution in [0.15, 0.2) is 60.0 Å². The Balaban J connectivity index is 2.00. The number of aryl methyl sites for hydroxylation is 2. The number of benzene rings is 2. The van der Waals surface area contributed by atoms with Gasteiger partial charge >= 0.3 is 5.97 Å². The maximum Gasteiger partial charge on any atom is 0.327 e.